The highest BCUT2D eigenvalue weighted by molar-refractivity contribution is 6.48. The number of fused-ring (bicyclic) bond motifs is 1. The maximum absolute atomic E-state index is 13.6. The van der Waals surface area contributed by atoms with Crippen LogP contribution in [0.2, 0.25) is 0 Å². The fourth-order valence-electron chi connectivity index (χ4n) is 3.87. The zero-order chi connectivity index (χ0) is 25.4. The molecule has 1 aliphatic heterocycles. The zero-order valence-electron chi connectivity index (χ0n) is 21.1. The van der Waals surface area contributed by atoms with E-state index in [1.165, 1.54) is 25.3 Å². The topological polar surface area (TPSA) is 85.3 Å². The average molecular weight is 478 g/mol. The van der Waals surface area contributed by atoms with Gasteiger partial charge in [-0.15, -0.1) is 0 Å². The average Bonchev–Trinajstić information content (AvgIpc) is 3.64. The van der Waals surface area contributed by atoms with Gasteiger partial charge in [0.15, 0.2) is 0 Å². The number of ether oxygens (including phenoxy) is 2. The van der Waals surface area contributed by atoms with Crippen LogP contribution >= 0.6 is 0 Å². The van der Waals surface area contributed by atoms with Crippen molar-refractivity contribution < 1.29 is 28.8 Å². The Labute approximate surface area is 207 Å². The Morgan fingerprint density at radius 1 is 1.20 bits per heavy atom. The van der Waals surface area contributed by atoms with Crippen molar-refractivity contribution in [2.75, 3.05) is 18.1 Å². The molecule has 2 aromatic rings. The maximum atomic E-state index is 13.6. The van der Waals surface area contributed by atoms with Crippen LogP contribution in [-0.2, 0) is 20.8 Å². The van der Waals surface area contributed by atoms with Crippen LogP contribution in [0.5, 0.6) is 5.75 Å². The monoisotopic (exact) mass is 478 g/mol. The van der Waals surface area contributed by atoms with Crippen molar-refractivity contribution in [3.05, 3.63) is 53.1 Å². The van der Waals surface area contributed by atoms with Crippen LogP contribution < -0.4 is 15.1 Å². The van der Waals surface area contributed by atoms with Crippen LogP contribution in [0.25, 0.3) is 0 Å². The number of hydrogen-bond donors (Lipinski definition) is 1. The molecule has 0 spiro atoms. The van der Waals surface area contributed by atoms with Crippen LogP contribution in [0.15, 0.2) is 36.4 Å². The van der Waals surface area contributed by atoms with Crippen LogP contribution in [0, 0.1) is 0 Å². The van der Waals surface area contributed by atoms with Gasteiger partial charge in [-0.25, -0.2) is 0 Å². The molecule has 2 aliphatic rings. The third-order valence-electron chi connectivity index (χ3n) is 6.95. The smallest absolute Gasteiger partial charge is 0.331 e. The first-order valence-electron chi connectivity index (χ1n) is 12.1. The third kappa shape index (κ3) is 5.54. The minimum absolute atomic E-state index is 0.0260. The van der Waals surface area contributed by atoms with Gasteiger partial charge in [-0.3, -0.25) is 9.59 Å². The van der Waals surface area contributed by atoms with Crippen molar-refractivity contribution >= 4 is 30.5 Å². The van der Waals surface area contributed by atoms with Crippen molar-refractivity contribution in [2.24, 2.45) is 0 Å². The van der Waals surface area contributed by atoms with E-state index in [1.54, 1.807) is 40.1 Å². The predicted molar refractivity (Wildman–Crippen MR) is 134 cm³/mol. The van der Waals surface area contributed by atoms with E-state index in [4.69, 9.17) is 14.1 Å². The Hall–Kier alpha value is -2.84. The summed E-state index contributed by atoms with van der Waals surface area (Å²) < 4.78 is 17.3. The van der Waals surface area contributed by atoms with Gasteiger partial charge in [0.25, 0.3) is 5.91 Å². The molecule has 1 radical (unpaired) electrons. The Kier molecular flexibility index (Phi) is 6.98. The number of rotatable bonds is 8. The summed E-state index contributed by atoms with van der Waals surface area (Å²) in [5.74, 6) is 0.584. The molecule has 1 fully saturated rings. The maximum Gasteiger partial charge on any atom is 0.331 e. The number of esters is 1. The zero-order valence-corrected chi connectivity index (χ0v) is 21.1. The third-order valence-corrected chi connectivity index (χ3v) is 6.95. The lowest BCUT2D eigenvalue weighted by atomic mass is 9.79. The Bertz CT molecular complexity index is 1120. The fraction of sp³-hybridized carbons (Fsp3) is 0.481. The lowest BCUT2D eigenvalue weighted by Crippen LogP contribution is -2.49. The second-order valence-corrected chi connectivity index (χ2v) is 10.3. The van der Waals surface area contributed by atoms with Gasteiger partial charge in [-0.2, -0.15) is 0 Å². The van der Waals surface area contributed by atoms with E-state index in [0.717, 1.165) is 0 Å². The molecule has 1 heterocycles. The summed E-state index contributed by atoms with van der Waals surface area (Å²) in [6, 6.07) is 11.3. The van der Waals surface area contributed by atoms with Crippen LogP contribution in [0.3, 0.4) is 0 Å². The van der Waals surface area contributed by atoms with Crippen molar-refractivity contribution in [1.82, 2.24) is 0 Å². The second kappa shape index (κ2) is 9.67. The molecule has 0 saturated heterocycles. The van der Waals surface area contributed by atoms with Gasteiger partial charge in [0.1, 0.15) is 19.0 Å². The first-order chi connectivity index (χ1) is 16.5. The second-order valence-electron chi connectivity index (χ2n) is 10.3. The Balaban J connectivity index is 1.67. The number of aliphatic hydroxyl groups is 1. The molecule has 0 atom stereocenters. The summed E-state index contributed by atoms with van der Waals surface area (Å²) in [5, 5.41) is 10.5. The molecule has 1 N–H and O–H groups in total. The molecule has 1 aliphatic carbocycles. The highest BCUT2D eigenvalue weighted by Crippen LogP contribution is 2.42. The highest BCUT2D eigenvalue weighted by Gasteiger charge is 2.36. The molecule has 185 valence electrons. The largest absolute Gasteiger partial charge is 0.491 e. The fourth-order valence-corrected chi connectivity index (χ4v) is 3.87. The summed E-state index contributed by atoms with van der Waals surface area (Å²) in [7, 11) is 1.55. The Morgan fingerprint density at radius 3 is 2.60 bits per heavy atom. The number of hydrogen-bond acceptors (Lipinski definition) is 6. The summed E-state index contributed by atoms with van der Waals surface area (Å²) in [6.45, 7) is 8.95. The molecular weight excluding hydrogens is 445 g/mol. The minimum atomic E-state index is -1.10. The van der Waals surface area contributed by atoms with Gasteiger partial charge in [0.05, 0.1) is 29.0 Å². The quantitative estimate of drug-likeness (QED) is 0.462. The van der Waals surface area contributed by atoms with Crippen molar-refractivity contribution in [2.45, 2.75) is 71.2 Å². The van der Waals surface area contributed by atoms with Gasteiger partial charge in [-0.1, -0.05) is 18.2 Å². The molecule has 35 heavy (non-hydrogen) atoms. The number of amides is 1. The molecule has 0 unspecified atom stereocenters. The number of nitrogens with zero attached hydrogens (tertiary/aromatic N) is 1. The number of carbonyl (C=O) groups excluding carboxylic acids is 2. The summed E-state index contributed by atoms with van der Waals surface area (Å²) in [6.07, 6.45) is 2.35. The molecule has 0 aromatic heterocycles. The first-order valence-corrected chi connectivity index (χ1v) is 12.1. The minimum Gasteiger partial charge on any atom is -0.491 e. The van der Waals surface area contributed by atoms with E-state index in [-0.39, 0.29) is 12.5 Å². The molecule has 1 amide bonds. The van der Waals surface area contributed by atoms with E-state index in [1.807, 2.05) is 36.4 Å². The van der Waals surface area contributed by atoms with Gasteiger partial charge >= 0.3 is 13.5 Å². The summed E-state index contributed by atoms with van der Waals surface area (Å²) >= 11 is 0. The lowest BCUT2D eigenvalue weighted by Gasteiger charge is -2.37. The summed E-state index contributed by atoms with van der Waals surface area (Å²) in [4.78, 5) is 27.0. The van der Waals surface area contributed by atoms with E-state index in [9.17, 15) is 14.7 Å². The van der Waals surface area contributed by atoms with E-state index in [2.05, 4.69) is 0 Å². The van der Waals surface area contributed by atoms with Crippen LogP contribution in [-0.4, -0.2) is 48.8 Å². The number of carbonyl (C=O) groups is 2. The van der Waals surface area contributed by atoms with Crippen molar-refractivity contribution in [1.29, 1.82) is 0 Å². The molecule has 0 bridgehead atoms. The van der Waals surface area contributed by atoms with Gasteiger partial charge in [-0.05, 0) is 75.7 Å². The van der Waals surface area contributed by atoms with E-state index >= 15 is 0 Å². The first kappa shape index (κ1) is 25.3. The highest BCUT2D eigenvalue weighted by atomic mass is 16.5. The van der Waals surface area contributed by atoms with E-state index in [0.29, 0.717) is 47.1 Å². The van der Waals surface area contributed by atoms with Crippen LogP contribution in [0.1, 0.15) is 74.9 Å². The standard InChI is InChI=1S/C27H33BNO6/c1-17(30)34-16-21-22(28-35-27(4,5)26(2,3)32)7-6-8-23(21)29-13-14-33-24-15-19(18-9-10-18)11-12-20(24)25(29)31/h6-8,11-12,15,18,32H,9-10,13-14,16H2,1-5H3. The normalized spacial score (nSPS) is 16.3. The molecule has 4 rings (SSSR count). The predicted octanol–water partition coefficient (Wildman–Crippen LogP) is 3.48. The van der Waals surface area contributed by atoms with E-state index < -0.39 is 17.2 Å². The molecular formula is C27H33BNO6. The Morgan fingerprint density at radius 2 is 1.94 bits per heavy atom. The molecule has 7 nitrogen and oxygen atoms in total. The van der Waals surface area contributed by atoms with Crippen LogP contribution in [0.4, 0.5) is 5.69 Å². The molecule has 1 saturated carbocycles. The molecule has 8 heteroatoms. The number of anilines is 1. The SMILES string of the molecule is CC(=O)OCc1c([B]OC(C)(C)C(C)(C)O)cccc1N1CCOc2cc(C3CC3)ccc2C1=O. The van der Waals surface area contributed by atoms with Crippen molar-refractivity contribution in [3.8, 4) is 5.75 Å². The van der Waals surface area contributed by atoms with Gasteiger partial charge in [0, 0.05) is 12.5 Å². The van der Waals surface area contributed by atoms with Gasteiger partial charge < -0.3 is 24.1 Å². The molecule has 2 aromatic carbocycles. The van der Waals surface area contributed by atoms with Crippen molar-refractivity contribution in [3.63, 3.8) is 0 Å². The van der Waals surface area contributed by atoms with Gasteiger partial charge in [0.2, 0.25) is 0 Å². The lowest BCUT2D eigenvalue weighted by molar-refractivity contribution is -0.142. The number of benzene rings is 2. The summed E-state index contributed by atoms with van der Waals surface area (Å²) in [5.41, 5.74) is 1.66.